The molecule has 0 saturated heterocycles. The smallest absolute Gasteiger partial charge is 0.0608 e. The van der Waals surface area contributed by atoms with Crippen molar-refractivity contribution in [3.63, 3.8) is 0 Å². The number of aliphatic hydroxyl groups excluding tert-OH is 1. The van der Waals surface area contributed by atoms with Crippen molar-refractivity contribution in [2.45, 2.75) is 38.2 Å². The lowest BCUT2D eigenvalue weighted by Gasteiger charge is -2.17. The molecule has 0 spiro atoms. The zero-order valence-corrected chi connectivity index (χ0v) is 9.09. The maximum absolute atomic E-state index is 9.81. The molecule has 1 N–H and O–H groups in total. The van der Waals surface area contributed by atoms with Crippen molar-refractivity contribution in [3.8, 4) is 0 Å². The minimum absolute atomic E-state index is 0.174. The normalized spacial score (nSPS) is 26.8. The Hall–Kier alpha value is -0.530. The average Bonchev–Trinajstić information content (AvgIpc) is 2.57. The summed E-state index contributed by atoms with van der Waals surface area (Å²) in [5, 5.41) is 10.6. The minimum Gasteiger partial charge on any atom is -0.392 e. The van der Waals surface area contributed by atoms with Crippen molar-refractivity contribution in [2.24, 2.45) is 0 Å². The van der Waals surface area contributed by atoms with E-state index in [2.05, 4.69) is 6.07 Å². The molecule has 0 unspecified atom stereocenters. The number of hydrogen-bond acceptors (Lipinski definition) is 1. The van der Waals surface area contributed by atoms with E-state index in [0.29, 0.717) is 5.92 Å². The van der Waals surface area contributed by atoms with Gasteiger partial charge in [-0.3, -0.25) is 0 Å². The van der Waals surface area contributed by atoms with Crippen LogP contribution in [-0.4, -0.2) is 11.2 Å². The summed E-state index contributed by atoms with van der Waals surface area (Å²) < 4.78 is 0. The SMILES string of the molecule is Cc1c(Cl)cccc1[C@H]1CCC[C@@H]1O. The van der Waals surface area contributed by atoms with Crippen LogP contribution in [0.1, 0.15) is 36.3 Å². The van der Waals surface area contributed by atoms with Gasteiger partial charge in [0.15, 0.2) is 0 Å². The number of hydrogen-bond donors (Lipinski definition) is 1. The lowest BCUT2D eigenvalue weighted by Crippen LogP contribution is -2.12. The highest BCUT2D eigenvalue weighted by atomic mass is 35.5. The molecular formula is C12H15ClO. The van der Waals surface area contributed by atoms with Crippen LogP contribution < -0.4 is 0 Å². The first-order valence-electron chi connectivity index (χ1n) is 5.13. The summed E-state index contributed by atoms with van der Waals surface area (Å²) in [6.07, 6.45) is 2.96. The summed E-state index contributed by atoms with van der Waals surface area (Å²) in [7, 11) is 0. The molecule has 14 heavy (non-hydrogen) atoms. The maximum Gasteiger partial charge on any atom is 0.0608 e. The van der Waals surface area contributed by atoms with Crippen LogP contribution in [0.4, 0.5) is 0 Å². The van der Waals surface area contributed by atoms with Crippen LogP contribution in [0.3, 0.4) is 0 Å². The highest BCUT2D eigenvalue weighted by Gasteiger charge is 2.27. The van der Waals surface area contributed by atoms with Crippen molar-refractivity contribution >= 4 is 11.6 Å². The van der Waals surface area contributed by atoms with Gasteiger partial charge in [-0.15, -0.1) is 0 Å². The highest BCUT2D eigenvalue weighted by molar-refractivity contribution is 6.31. The Morgan fingerprint density at radius 2 is 2.14 bits per heavy atom. The summed E-state index contributed by atoms with van der Waals surface area (Å²) >= 11 is 6.06. The zero-order chi connectivity index (χ0) is 10.1. The van der Waals surface area contributed by atoms with E-state index in [1.807, 2.05) is 19.1 Å². The first-order valence-corrected chi connectivity index (χ1v) is 5.51. The van der Waals surface area contributed by atoms with Gasteiger partial charge in [-0.1, -0.05) is 30.2 Å². The predicted octanol–water partition coefficient (Wildman–Crippen LogP) is 3.28. The monoisotopic (exact) mass is 210 g/mol. The Morgan fingerprint density at radius 1 is 1.36 bits per heavy atom. The van der Waals surface area contributed by atoms with Gasteiger partial charge in [-0.05, 0) is 37.0 Å². The number of aliphatic hydroxyl groups is 1. The van der Waals surface area contributed by atoms with Gasteiger partial charge in [0, 0.05) is 10.9 Å². The molecule has 0 bridgehead atoms. The third-order valence-electron chi connectivity index (χ3n) is 3.19. The molecule has 1 aromatic rings. The van der Waals surface area contributed by atoms with Crippen LogP contribution >= 0.6 is 11.6 Å². The molecule has 1 saturated carbocycles. The number of benzene rings is 1. The first kappa shape index (κ1) is 10.0. The van der Waals surface area contributed by atoms with Crippen LogP contribution in [-0.2, 0) is 0 Å². The molecule has 1 nitrogen and oxygen atoms in total. The summed E-state index contributed by atoms with van der Waals surface area (Å²) in [5.41, 5.74) is 2.35. The molecule has 76 valence electrons. The van der Waals surface area contributed by atoms with E-state index in [1.54, 1.807) is 0 Å². The van der Waals surface area contributed by atoms with Crippen LogP contribution in [0, 0.1) is 6.92 Å². The van der Waals surface area contributed by atoms with E-state index in [-0.39, 0.29) is 6.10 Å². The Bertz CT molecular complexity index is 335. The van der Waals surface area contributed by atoms with Gasteiger partial charge >= 0.3 is 0 Å². The fourth-order valence-corrected chi connectivity index (χ4v) is 2.51. The van der Waals surface area contributed by atoms with Gasteiger partial charge in [0.1, 0.15) is 0 Å². The first-order chi connectivity index (χ1) is 6.70. The maximum atomic E-state index is 9.81. The molecule has 0 heterocycles. The van der Waals surface area contributed by atoms with Crippen molar-refractivity contribution < 1.29 is 5.11 Å². The molecule has 1 aliphatic rings. The molecule has 1 aromatic carbocycles. The molecule has 0 aromatic heterocycles. The lowest BCUT2D eigenvalue weighted by molar-refractivity contribution is 0.163. The van der Waals surface area contributed by atoms with Crippen molar-refractivity contribution in [1.82, 2.24) is 0 Å². The van der Waals surface area contributed by atoms with E-state index in [4.69, 9.17) is 11.6 Å². The number of halogens is 1. The van der Waals surface area contributed by atoms with Gasteiger partial charge in [0.2, 0.25) is 0 Å². The Kier molecular flexibility index (Phi) is 2.80. The van der Waals surface area contributed by atoms with E-state index >= 15 is 0 Å². The van der Waals surface area contributed by atoms with Crippen LogP contribution in [0.2, 0.25) is 5.02 Å². The largest absolute Gasteiger partial charge is 0.392 e. The molecule has 0 radical (unpaired) electrons. The third-order valence-corrected chi connectivity index (χ3v) is 3.60. The van der Waals surface area contributed by atoms with E-state index in [1.165, 1.54) is 5.56 Å². The van der Waals surface area contributed by atoms with Gasteiger partial charge in [0.05, 0.1) is 6.10 Å². The second kappa shape index (κ2) is 3.92. The van der Waals surface area contributed by atoms with Gasteiger partial charge in [-0.2, -0.15) is 0 Å². The summed E-state index contributed by atoms with van der Waals surface area (Å²) in [6, 6.07) is 5.96. The van der Waals surface area contributed by atoms with E-state index < -0.39 is 0 Å². The van der Waals surface area contributed by atoms with Crippen molar-refractivity contribution in [3.05, 3.63) is 34.3 Å². The van der Waals surface area contributed by atoms with Gasteiger partial charge in [-0.25, -0.2) is 0 Å². The Morgan fingerprint density at radius 3 is 2.79 bits per heavy atom. The van der Waals surface area contributed by atoms with Crippen LogP contribution in [0.5, 0.6) is 0 Å². The molecule has 2 rings (SSSR count). The van der Waals surface area contributed by atoms with E-state index in [9.17, 15) is 5.11 Å². The zero-order valence-electron chi connectivity index (χ0n) is 8.33. The molecular weight excluding hydrogens is 196 g/mol. The second-order valence-corrected chi connectivity index (χ2v) is 4.47. The van der Waals surface area contributed by atoms with Crippen LogP contribution in [0.25, 0.3) is 0 Å². The van der Waals surface area contributed by atoms with Gasteiger partial charge < -0.3 is 5.11 Å². The third kappa shape index (κ3) is 1.67. The minimum atomic E-state index is -0.174. The fourth-order valence-electron chi connectivity index (χ4n) is 2.33. The fraction of sp³-hybridized carbons (Fsp3) is 0.500. The molecule has 0 aliphatic heterocycles. The Labute approximate surface area is 89.7 Å². The molecule has 2 atom stereocenters. The second-order valence-electron chi connectivity index (χ2n) is 4.06. The van der Waals surface area contributed by atoms with Crippen LogP contribution in [0.15, 0.2) is 18.2 Å². The van der Waals surface area contributed by atoms with E-state index in [0.717, 1.165) is 29.8 Å². The molecule has 0 amide bonds. The molecule has 1 fully saturated rings. The lowest BCUT2D eigenvalue weighted by atomic mass is 9.92. The van der Waals surface area contributed by atoms with Gasteiger partial charge in [0.25, 0.3) is 0 Å². The van der Waals surface area contributed by atoms with Crippen molar-refractivity contribution in [1.29, 1.82) is 0 Å². The standard InChI is InChI=1S/C12H15ClO/c1-8-9(4-2-6-11(8)13)10-5-3-7-12(10)14/h2,4,6,10,12,14H,3,5,7H2,1H3/t10-,12+/m1/s1. The average molecular weight is 211 g/mol. The number of rotatable bonds is 1. The molecule has 2 heteroatoms. The predicted molar refractivity (Wildman–Crippen MR) is 58.8 cm³/mol. The van der Waals surface area contributed by atoms with Crippen molar-refractivity contribution in [2.75, 3.05) is 0 Å². The highest BCUT2D eigenvalue weighted by Crippen LogP contribution is 2.37. The topological polar surface area (TPSA) is 20.2 Å². The Balaban J connectivity index is 2.36. The summed E-state index contributed by atoms with van der Waals surface area (Å²) in [5.74, 6) is 0.300. The summed E-state index contributed by atoms with van der Waals surface area (Å²) in [6.45, 7) is 2.03. The molecule has 1 aliphatic carbocycles. The quantitative estimate of drug-likeness (QED) is 0.755. The summed E-state index contributed by atoms with van der Waals surface area (Å²) in [4.78, 5) is 0.